The first kappa shape index (κ1) is 11.3. The number of thioether (sulfide) groups is 1. The van der Waals surface area contributed by atoms with E-state index >= 15 is 0 Å². The number of ether oxygens (including phenoxy) is 1. The molecule has 0 bridgehead atoms. The SMILES string of the molecule is CCOCCN(C)CCSC. The van der Waals surface area contributed by atoms with Crippen LogP contribution in [0.25, 0.3) is 0 Å². The molecule has 0 fully saturated rings. The summed E-state index contributed by atoms with van der Waals surface area (Å²) in [6.45, 7) is 5.93. The van der Waals surface area contributed by atoms with Crippen LogP contribution in [0.2, 0.25) is 0 Å². The van der Waals surface area contributed by atoms with Crippen LogP contribution in [-0.2, 0) is 4.74 Å². The quantitative estimate of drug-likeness (QED) is 0.544. The molecule has 2 nitrogen and oxygen atoms in total. The third-order valence-corrected chi connectivity index (χ3v) is 2.09. The van der Waals surface area contributed by atoms with Crippen LogP contribution in [0.1, 0.15) is 6.92 Å². The van der Waals surface area contributed by atoms with Gasteiger partial charge in [0.1, 0.15) is 0 Å². The van der Waals surface area contributed by atoms with Gasteiger partial charge in [-0.05, 0) is 20.2 Å². The average molecular weight is 177 g/mol. The van der Waals surface area contributed by atoms with Crippen LogP contribution in [0.3, 0.4) is 0 Å². The predicted molar refractivity (Wildman–Crippen MR) is 52.4 cm³/mol. The maximum atomic E-state index is 5.24. The largest absolute Gasteiger partial charge is 0.380 e. The Hall–Kier alpha value is 0.270. The lowest BCUT2D eigenvalue weighted by Crippen LogP contribution is -2.25. The summed E-state index contributed by atoms with van der Waals surface area (Å²) < 4.78 is 5.24. The zero-order valence-electron chi connectivity index (χ0n) is 7.80. The van der Waals surface area contributed by atoms with Gasteiger partial charge in [-0.1, -0.05) is 0 Å². The van der Waals surface area contributed by atoms with E-state index < -0.39 is 0 Å². The molecule has 0 heterocycles. The van der Waals surface area contributed by atoms with E-state index in [1.54, 1.807) is 0 Å². The van der Waals surface area contributed by atoms with Gasteiger partial charge in [-0.3, -0.25) is 0 Å². The molecule has 0 aromatic heterocycles. The van der Waals surface area contributed by atoms with Crippen molar-refractivity contribution in [2.75, 3.05) is 45.4 Å². The first-order valence-corrected chi connectivity index (χ1v) is 5.45. The fraction of sp³-hybridized carbons (Fsp3) is 1.00. The minimum Gasteiger partial charge on any atom is -0.380 e. The number of hydrogen-bond acceptors (Lipinski definition) is 3. The topological polar surface area (TPSA) is 12.5 Å². The Morgan fingerprint density at radius 1 is 1.36 bits per heavy atom. The summed E-state index contributed by atoms with van der Waals surface area (Å²) in [5, 5.41) is 0. The van der Waals surface area contributed by atoms with Gasteiger partial charge in [0.15, 0.2) is 0 Å². The molecule has 0 saturated heterocycles. The average Bonchev–Trinajstić information content (AvgIpc) is 2.01. The van der Waals surface area contributed by atoms with Crippen molar-refractivity contribution in [2.24, 2.45) is 0 Å². The Kier molecular flexibility index (Phi) is 8.57. The lowest BCUT2D eigenvalue weighted by Gasteiger charge is -2.14. The molecule has 0 unspecified atom stereocenters. The second kappa shape index (κ2) is 8.37. The molecule has 0 saturated carbocycles. The molecule has 0 aliphatic carbocycles. The number of rotatable bonds is 7. The van der Waals surface area contributed by atoms with Crippen molar-refractivity contribution < 1.29 is 4.74 Å². The molecule has 3 heteroatoms. The van der Waals surface area contributed by atoms with E-state index in [-0.39, 0.29) is 0 Å². The predicted octanol–water partition coefficient (Wildman–Crippen LogP) is 1.32. The molecule has 0 atom stereocenters. The van der Waals surface area contributed by atoms with Gasteiger partial charge in [0.25, 0.3) is 0 Å². The smallest absolute Gasteiger partial charge is 0.0593 e. The van der Waals surface area contributed by atoms with Gasteiger partial charge in [0, 0.05) is 25.4 Å². The summed E-state index contributed by atoms with van der Waals surface area (Å²) >= 11 is 1.89. The van der Waals surface area contributed by atoms with E-state index in [9.17, 15) is 0 Å². The molecule has 0 amide bonds. The molecule has 68 valence electrons. The summed E-state index contributed by atoms with van der Waals surface area (Å²) in [6.07, 6.45) is 2.14. The minimum absolute atomic E-state index is 0.830. The van der Waals surface area contributed by atoms with E-state index in [1.165, 1.54) is 5.75 Å². The van der Waals surface area contributed by atoms with Crippen LogP contribution in [0.5, 0.6) is 0 Å². The Labute approximate surface area is 74.3 Å². The van der Waals surface area contributed by atoms with Crippen LogP contribution < -0.4 is 0 Å². The van der Waals surface area contributed by atoms with Crippen LogP contribution >= 0.6 is 11.8 Å². The van der Waals surface area contributed by atoms with Gasteiger partial charge in [-0.25, -0.2) is 0 Å². The number of hydrogen-bond donors (Lipinski definition) is 0. The van der Waals surface area contributed by atoms with Crippen molar-refractivity contribution in [3.63, 3.8) is 0 Å². The fourth-order valence-corrected chi connectivity index (χ4v) is 1.22. The van der Waals surface area contributed by atoms with Crippen molar-refractivity contribution in [1.29, 1.82) is 0 Å². The third-order valence-electron chi connectivity index (χ3n) is 1.50. The van der Waals surface area contributed by atoms with Crippen LogP contribution in [0, 0.1) is 0 Å². The number of nitrogens with zero attached hydrogens (tertiary/aromatic N) is 1. The van der Waals surface area contributed by atoms with Gasteiger partial charge < -0.3 is 9.64 Å². The van der Waals surface area contributed by atoms with Crippen molar-refractivity contribution >= 4 is 11.8 Å². The molecule has 0 aromatic carbocycles. The highest BCUT2D eigenvalue weighted by Gasteiger charge is 1.95. The highest BCUT2D eigenvalue weighted by atomic mass is 32.2. The van der Waals surface area contributed by atoms with Crippen LogP contribution in [0.15, 0.2) is 0 Å². The zero-order chi connectivity index (χ0) is 8.53. The molecule has 0 aliphatic rings. The second-order valence-corrected chi connectivity index (χ2v) is 3.48. The van der Waals surface area contributed by atoms with E-state index in [0.717, 1.165) is 26.3 Å². The molecule has 11 heavy (non-hydrogen) atoms. The molecule has 0 radical (unpaired) electrons. The fourth-order valence-electron chi connectivity index (χ4n) is 0.724. The number of likely N-dealkylation sites (N-methyl/N-ethyl adjacent to an activating group) is 1. The lowest BCUT2D eigenvalue weighted by atomic mass is 10.5. The highest BCUT2D eigenvalue weighted by molar-refractivity contribution is 7.98. The van der Waals surface area contributed by atoms with E-state index in [0.29, 0.717) is 0 Å². The molecule has 0 rings (SSSR count). The van der Waals surface area contributed by atoms with E-state index in [1.807, 2.05) is 18.7 Å². The Bertz CT molecular complexity index is 80.5. The standard InChI is InChI=1S/C8H19NOS/c1-4-10-7-5-9(2)6-8-11-3/h4-8H2,1-3H3. The first-order chi connectivity index (χ1) is 5.31. The third kappa shape index (κ3) is 8.17. The first-order valence-electron chi connectivity index (χ1n) is 4.06. The molecule has 0 aromatic rings. The minimum atomic E-state index is 0.830. The van der Waals surface area contributed by atoms with Crippen LogP contribution in [0.4, 0.5) is 0 Å². The monoisotopic (exact) mass is 177 g/mol. The maximum Gasteiger partial charge on any atom is 0.0593 e. The summed E-state index contributed by atoms with van der Waals surface area (Å²) in [4.78, 5) is 2.30. The van der Waals surface area contributed by atoms with Gasteiger partial charge >= 0.3 is 0 Å². The Balaban J connectivity index is 3.02. The van der Waals surface area contributed by atoms with Gasteiger partial charge in [-0.2, -0.15) is 11.8 Å². The van der Waals surface area contributed by atoms with Crippen molar-refractivity contribution in [1.82, 2.24) is 4.90 Å². The van der Waals surface area contributed by atoms with Crippen molar-refractivity contribution in [2.45, 2.75) is 6.92 Å². The van der Waals surface area contributed by atoms with Crippen molar-refractivity contribution in [3.8, 4) is 0 Å². The van der Waals surface area contributed by atoms with E-state index in [4.69, 9.17) is 4.74 Å². The summed E-state index contributed by atoms with van der Waals surface area (Å²) in [7, 11) is 2.13. The highest BCUT2D eigenvalue weighted by Crippen LogP contribution is 1.92. The van der Waals surface area contributed by atoms with Crippen molar-refractivity contribution in [3.05, 3.63) is 0 Å². The molecular formula is C8H19NOS. The second-order valence-electron chi connectivity index (χ2n) is 2.49. The normalized spacial score (nSPS) is 10.9. The molecule has 0 N–H and O–H groups in total. The summed E-state index contributed by atoms with van der Waals surface area (Å²) in [6, 6.07) is 0. The maximum absolute atomic E-state index is 5.24. The molecule has 0 aliphatic heterocycles. The zero-order valence-corrected chi connectivity index (χ0v) is 8.62. The Morgan fingerprint density at radius 3 is 2.64 bits per heavy atom. The van der Waals surface area contributed by atoms with E-state index in [2.05, 4.69) is 18.2 Å². The van der Waals surface area contributed by atoms with Gasteiger partial charge in [-0.15, -0.1) is 0 Å². The molecular weight excluding hydrogens is 158 g/mol. The van der Waals surface area contributed by atoms with Gasteiger partial charge in [0.2, 0.25) is 0 Å². The van der Waals surface area contributed by atoms with Crippen LogP contribution in [-0.4, -0.2) is 50.3 Å². The Morgan fingerprint density at radius 2 is 2.09 bits per heavy atom. The lowest BCUT2D eigenvalue weighted by molar-refractivity contribution is 0.124. The summed E-state index contributed by atoms with van der Waals surface area (Å²) in [5.41, 5.74) is 0. The molecule has 0 spiro atoms. The summed E-state index contributed by atoms with van der Waals surface area (Å²) in [5.74, 6) is 1.21. The van der Waals surface area contributed by atoms with Gasteiger partial charge in [0.05, 0.1) is 6.61 Å².